The number of carboxylic acids is 1. The topological polar surface area (TPSA) is 109 Å². The Bertz CT molecular complexity index is 985. The number of hydrogen-bond acceptors (Lipinski definition) is 7. The van der Waals surface area contributed by atoms with Crippen molar-refractivity contribution in [2.75, 3.05) is 46.7 Å². The fraction of sp³-hybridized carbons (Fsp3) is 0.655. The van der Waals surface area contributed by atoms with Crippen LogP contribution < -0.4 is 14.2 Å². The lowest BCUT2D eigenvalue weighted by Crippen LogP contribution is -2.46. The van der Waals surface area contributed by atoms with Gasteiger partial charge in [-0.3, -0.25) is 14.5 Å². The molecule has 9 nitrogen and oxygen atoms in total. The van der Waals surface area contributed by atoms with Gasteiger partial charge < -0.3 is 29.3 Å². The van der Waals surface area contributed by atoms with Gasteiger partial charge in [0.25, 0.3) is 0 Å². The highest BCUT2D eigenvalue weighted by Gasteiger charge is 2.49. The van der Waals surface area contributed by atoms with E-state index in [9.17, 15) is 19.8 Å². The van der Waals surface area contributed by atoms with Crippen LogP contribution in [0.4, 0.5) is 0 Å². The van der Waals surface area contributed by atoms with Crippen molar-refractivity contribution in [1.82, 2.24) is 9.80 Å². The highest BCUT2D eigenvalue weighted by molar-refractivity contribution is 5.79. The smallest absolute Gasteiger partial charge is 0.308 e. The van der Waals surface area contributed by atoms with E-state index in [4.69, 9.17) is 14.2 Å². The number of aliphatic hydroxyl groups excluding tert-OH is 1. The summed E-state index contributed by atoms with van der Waals surface area (Å²) in [5.74, 6) is -0.433. The van der Waals surface area contributed by atoms with Crippen LogP contribution in [0, 0.1) is 11.3 Å². The fourth-order valence-corrected chi connectivity index (χ4v) is 5.75. The van der Waals surface area contributed by atoms with Crippen molar-refractivity contribution < 1.29 is 34.0 Å². The Morgan fingerprint density at radius 1 is 1.24 bits per heavy atom. The summed E-state index contributed by atoms with van der Waals surface area (Å²) < 4.78 is 16.7. The second-order valence-electron chi connectivity index (χ2n) is 10.9. The number of carbonyl (C=O) groups is 2. The van der Waals surface area contributed by atoms with Crippen LogP contribution in [0.2, 0.25) is 0 Å². The van der Waals surface area contributed by atoms with Gasteiger partial charge in [-0.05, 0) is 49.3 Å². The molecule has 1 amide bonds. The zero-order chi connectivity index (χ0) is 27.9. The van der Waals surface area contributed by atoms with Crippen molar-refractivity contribution in [1.29, 1.82) is 0 Å². The zero-order valence-corrected chi connectivity index (χ0v) is 23.4. The first-order chi connectivity index (χ1) is 18.1. The summed E-state index contributed by atoms with van der Waals surface area (Å²) in [6.45, 7) is 10.0. The SMILES string of the molecule is CC=CC(C)(C)C[C@H]1C(C(=O)O)[C@@H](c2cc(OC)c3c(c2)OCO3)CN1CC(=O)N(CCCC)CCCO. The van der Waals surface area contributed by atoms with Crippen molar-refractivity contribution in [3.05, 3.63) is 29.8 Å². The van der Waals surface area contributed by atoms with Crippen LogP contribution >= 0.6 is 0 Å². The Morgan fingerprint density at radius 2 is 1.97 bits per heavy atom. The molecule has 2 heterocycles. The molecule has 1 aromatic rings. The molecule has 0 spiro atoms. The highest BCUT2D eigenvalue weighted by Crippen LogP contribution is 2.48. The fourth-order valence-electron chi connectivity index (χ4n) is 5.75. The third-order valence-corrected chi connectivity index (χ3v) is 7.55. The Labute approximate surface area is 226 Å². The molecule has 2 aliphatic rings. The summed E-state index contributed by atoms with van der Waals surface area (Å²) in [6.07, 6.45) is 7.03. The van der Waals surface area contributed by atoms with Gasteiger partial charge in [-0.1, -0.05) is 39.3 Å². The third kappa shape index (κ3) is 6.99. The summed E-state index contributed by atoms with van der Waals surface area (Å²) in [4.78, 5) is 30.2. The number of ether oxygens (including phenoxy) is 3. The predicted molar refractivity (Wildman–Crippen MR) is 145 cm³/mol. The Kier molecular flexibility index (Phi) is 10.4. The lowest BCUT2D eigenvalue weighted by molar-refractivity contribution is -0.144. The van der Waals surface area contributed by atoms with Gasteiger partial charge in [-0.2, -0.15) is 0 Å². The number of amides is 1. The van der Waals surface area contributed by atoms with Crippen LogP contribution in [0.5, 0.6) is 17.2 Å². The third-order valence-electron chi connectivity index (χ3n) is 7.55. The van der Waals surface area contributed by atoms with Crippen molar-refractivity contribution in [3.63, 3.8) is 0 Å². The maximum atomic E-state index is 13.5. The number of allylic oxidation sites excluding steroid dienone is 2. The number of carbonyl (C=O) groups excluding carboxylic acids is 1. The number of aliphatic carboxylic acids is 1. The average Bonchev–Trinajstić information content (AvgIpc) is 3.48. The van der Waals surface area contributed by atoms with E-state index >= 15 is 0 Å². The van der Waals surface area contributed by atoms with Gasteiger partial charge in [-0.15, -0.1) is 0 Å². The summed E-state index contributed by atoms with van der Waals surface area (Å²) in [7, 11) is 1.55. The van der Waals surface area contributed by atoms with Gasteiger partial charge in [0.2, 0.25) is 18.4 Å². The number of fused-ring (bicyclic) bond motifs is 1. The normalized spacial score (nSPS) is 21.3. The summed E-state index contributed by atoms with van der Waals surface area (Å²) in [5.41, 5.74) is 0.541. The number of carboxylic acid groups (broad SMARTS) is 1. The van der Waals surface area contributed by atoms with Gasteiger partial charge in [0.1, 0.15) is 0 Å². The van der Waals surface area contributed by atoms with Crippen LogP contribution in [0.1, 0.15) is 64.9 Å². The average molecular weight is 533 g/mol. The first kappa shape index (κ1) is 29.8. The number of likely N-dealkylation sites (tertiary alicyclic amines) is 1. The van der Waals surface area contributed by atoms with Crippen LogP contribution in [0.3, 0.4) is 0 Å². The molecule has 1 saturated heterocycles. The van der Waals surface area contributed by atoms with Crippen molar-refractivity contribution >= 4 is 11.9 Å². The van der Waals surface area contributed by atoms with E-state index in [1.54, 1.807) is 12.0 Å². The maximum absolute atomic E-state index is 13.5. The number of hydrogen-bond donors (Lipinski definition) is 2. The molecule has 0 radical (unpaired) electrons. The molecular formula is C29H44N2O7. The van der Waals surface area contributed by atoms with Crippen LogP contribution in [0.25, 0.3) is 0 Å². The molecule has 1 unspecified atom stereocenters. The molecule has 0 saturated carbocycles. The van der Waals surface area contributed by atoms with Crippen LogP contribution in [-0.2, 0) is 9.59 Å². The molecule has 2 N–H and O–H groups in total. The van der Waals surface area contributed by atoms with Gasteiger partial charge in [0, 0.05) is 38.2 Å². The number of nitrogens with zero attached hydrogens (tertiary/aromatic N) is 2. The number of methoxy groups -OCH3 is 1. The van der Waals surface area contributed by atoms with Crippen LogP contribution in [0.15, 0.2) is 24.3 Å². The molecule has 9 heteroatoms. The molecule has 0 bridgehead atoms. The molecule has 38 heavy (non-hydrogen) atoms. The largest absolute Gasteiger partial charge is 0.493 e. The molecule has 212 valence electrons. The molecule has 3 rings (SSSR count). The minimum absolute atomic E-state index is 0.0227. The van der Waals surface area contributed by atoms with Gasteiger partial charge in [0.05, 0.1) is 19.6 Å². The lowest BCUT2D eigenvalue weighted by Gasteiger charge is -2.34. The zero-order valence-electron chi connectivity index (χ0n) is 23.4. The van der Waals surface area contributed by atoms with Crippen molar-refractivity contribution in [2.45, 2.75) is 65.3 Å². The minimum Gasteiger partial charge on any atom is -0.493 e. The van der Waals surface area contributed by atoms with Gasteiger partial charge in [0.15, 0.2) is 11.5 Å². The first-order valence-electron chi connectivity index (χ1n) is 13.6. The Morgan fingerprint density at radius 3 is 2.61 bits per heavy atom. The van der Waals surface area contributed by atoms with E-state index in [2.05, 4.69) is 26.8 Å². The van der Waals surface area contributed by atoms with E-state index in [0.29, 0.717) is 49.7 Å². The summed E-state index contributed by atoms with van der Waals surface area (Å²) >= 11 is 0. The molecule has 3 atom stereocenters. The second-order valence-corrected chi connectivity index (χ2v) is 10.9. The highest BCUT2D eigenvalue weighted by atomic mass is 16.7. The summed E-state index contributed by atoms with van der Waals surface area (Å²) in [6, 6.07) is 3.33. The molecule has 0 aromatic heterocycles. The number of rotatable bonds is 14. The number of aliphatic hydroxyl groups is 1. The van der Waals surface area contributed by atoms with Crippen molar-refractivity contribution in [2.24, 2.45) is 11.3 Å². The molecule has 1 aromatic carbocycles. The molecule has 2 aliphatic heterocycles. The second kappa shape index (κ2) is 13.3. The van der Waals surface area contributed by atoms with E-state index in [1.165, 1.54) is 0 Å². The molecular weight excluding hydrogens is 488 g/mol. The Balaban J connectivity index is 1.97. The minimum atomic E-state index is -0.883. The monoisotopic (exact) mass is 532 g/mol. The lowest BCUT2D eigenvalue weighted by atomic mass is 9.77. The van der Waals surface area contributed by atoms with Crippen molar-refractivity contribution in [3.8, 4) is 17.2 Å². The number of unbranched alkanes of at least 4 members (excludes halogenated alkanes) is 1. The maximum Gasteiger partial charge on any atom is 0.308 e. The summed E-state index contributed by atoms with van der Waals surface area (Å²) in [5, 5.41) is 19.8. The van der Waals surface area contributed by atoms with E-state index < -0.39 is 11.9 Å². The Hall–Kier alpha value is -2.78. The van der Waals surface area contributed by atoms with Gasteiger partial charge in [-0.25, -0.2) is 0 Å². The van der Waals surface area contributed by atoms with E-state index in [0.717, 1.165) is 18.4 Å². The van der Waals surface area contributed by atoms with E-state index in [1.807, 2.05) is 30.0 Å². The van der Waals surface area contributed by atoms with Gasteiger partial charge >= 0.3 is 5.97 Å². The number of benzene rings is 1. The standard InChI is InChI=1S/C29H44N2O7/c1-6-8-11-30(12-9-13-32)25(33)18-31-17-21(20-14-23(36-5)27-24(15-20)37-19-38-27)26(28(34)35)22(31)16-29(3,4)10-7-2/h7,10,14-15,21-22,26,32H,6,8-9,11-13,16-19H2,1-5H3,(H,34,35)/t21-,22+,26?/m1/s1. The van der Waals surface area contributed by atoms with E-state index in [-0.39, 0.29) is 43.2 Å². The quantitative estimate of drug-likeness (QED) is 0.348. The molecule has 0 aliphatic carbocycles. The van der Waals surface area contributed by atoms with Crippen LogP contribution in [-0.4, -0.2) is 84.6 Å². The first-order valence-corrected chi connectivity index (χ1v) is 13.6. The predicted octanol–water partition coefficient (Wildman–Crippen LogP) is 3.90. The molecule has 1 fully saturated rings.